The molecule has 0 saturated carbocycles. The molecular formula is C8H15NO. The monoisotopic (exact) mass is 141 g/mol. The summed E-state index contributed by atoms with van der Waals surface area (Å²) in [6, 6.07) is 0. The molecule has 1 atom stereocenters. The summed E-state index contributed by atoms with van der Waals surface area (Å²) < 4.78 is 0. The molecule has 1 unspecified atom stereocenters. The number of carbonyl (C=O) groups excluding carboxylic acids is 1. The summed E-state index contributed by atoms with van der Waals surface area (Å²) in [5.41, 5.74) is 5.69. The largest absolute Gasteiger partial charge is 0.366 e. The Morgan fingerprint density at radius 1 is 1.70 bits per heavy atom. The van der Waals surface area contributed by atoms with E-state index in [-0.39, 0.29) is 5.91 Å². The molecule has 0 bridgehead atoms. The highest BCUT2D eigenvalue weighted by atomic mass is 16.1. The molecule has 0 aliphatic rings. The van der Waals surface area contributed by atoms with Crippen molar-refractivity contribution in [2.75, 3.05) is 0 Å². The molecule has 2 nitrogen and oxygen atoms in total. The molecule has 10 heavy (non-hydrogen) atoms. The van der Waals surface area contributed by atoms with Crippen molar-refractivity contribution in [1.29, 1.82) is 0 Å². The summed E-state index contributed by atoms with van der Waals surface area (Å²) in [7, 11) is 0. The summed E-state index contributed by atoms with van der Waals surface area (Å²) in [6.45, 7) is 5.89. The molecule has 2 N–H and O–H groups in total. The van der Waals surface area contributed by atoms with Crippen LogP contribution in [0.4, 0.5) is 0 Å². The van der Waals surface area contributed by atoms with Gasteiger partial charge in [0.25, 0.3) is 0 Å². The molecule has 0 aromatic carbocycles. The molecule has 0 fully saturated rings. The van der Waals surface area contributed by atoms with Gasteiger partial charge in [-0.15, -0.1) is 0 Å². The van der Waals surface area contributed by atoms with E-state index in [1.165, 1.54) is 0 Å². The van der Waals surface area contributed by atoms with Gasteiger partial charge in [-0.2, -0.15) is 0 Å². The van der Waals surface area contributed by atoms with Gasteiger partial charge in [0.05, 0.1) is 0 Å². The predicted molar refractivity (Wildman–Crippen MR) is 42.4 cm³/mol. The zero-order valence-electron chi connectivity index (χ0n) is 6.85. The Kier molecular flexibility index (Phi) is 3.77. The van der Waals surface area contributed by atoms with Crippen LogP contribution >= 0.6 is 0 Å². The highest BCUT2D eigenvalue weighted by molar-refractivity contribution is 5.91. The second-order valence-electron chi connectivity index (χ2n) is 2.60. The molecule has 0 radical (unpaired) electrons. The van der Waals surface area contributed by atoms with Gasteiger partial charge in [-0.3, -0.25) is 4.79 Å². The van der Waals surface area contributed by atoms with Crippen LogP contribution in [0.25, 0.3) is 0 Å². The van der Waals surface area contributed by atoms with E-state index >= 15 is 0 Å². The van der Waals surface area contributed by atoms with Crippen molar-refractivity contribution in [3.05, 3.63) is 11.6 Å². The lowest BCUT2D eigenvalue weighted by Crippen LogP contribution is -2.12. The molecule has 2 heteroatoms. The number of amides is 1. The van der Waals surface area contributed by atoms with Crippen molar-refractivity contribution < 1.29 is 4.79 Å². The highest BCUT2D eigenvalue weighted by Crippen LogP contribution is 2.05. The summed E-state index contributed by atoms with van der Waals surface area (Å²) in [5, 5.41) is 0. The Morgan fingerprint density at radius 3 is 2.50 bits per heavy atom. The maximum atomic E-state index is 10.5. The van der Waals surface area contributed by atoms with E-state index in [1.807, 2.05) is 6.08 Å². The Morgan fingerprint density at radius 2 is 2.20 bits per heavy atom. The normalized spacial score (nSPS) is 14.9. The van der Waals surface area contributed by atoms with Gasteiger partial charge in [0, 0.05) is 5.57 Å². The molecule has 0 heterocycles. The van der Waals surface area contributed by atoms with E-state index in [9.17, 15) is 4.79 Å². The molecular weight excluding hydrogens is 126 g/mol. The lowest BCUT2D eigenvalue weighted by Gasteiger charge is -2.01. The summed E-state index contributed by atoms with van der Waals surface area (Å²) in [4.78, 5) is 10.5. The molecule has 0 spiro atoms. The van der Waals surface area contributed by atoms with E-state index < -0.39 is 0 Å². The first kappa shape index (κ1) is 9.21. The molecule has 58 valence electrons. The van der Waals surface area contributed by atoms with Crippen LogP contribution in [-0.2, 0) is 4.79 Å². The van der Waals surface area contributed by atoms with E-state index in [1.54, 1.807) is 6.92 Å². The quantitative estimate of drug-likeness (QED) is 0.594. The van der Waals surface area contributed by atoms with Crippen LogP contribution < -0.4 is 5.73 Å². The van der Waals surface area contributed by atoms with Gasteiger partial charge in [0.2, 0.25) is 5.91 Å². The van der Waals surface area contributed by atoms with Gasteiger partial charge < -0.3 is 5.73 Å². The third-order valence-electron chi connectivity index (χ3n) is 1.57. The van der Waals surface area contributed by atoms with E-state index in [0.717, 1.165) is 6.42 Å². The summed E-state index contributed by atoms with van der Waals surface area (Å²) >= 11 is 0. The van der Waals surface area contributed by atoms with Crippen LogP contribution in [0.15, 0.2) is 11.6 Å². The third kappa shape index (κ3) is 3.28. The summed E-state index contributed by atoms with van der Waals surface area (Å²) in [6.07, 6.45) is 2.95. The Balaban J connectivity index is 4.02. The first-order valence-corrected chi connectivity index (χ1v) is 3.56. The van der Waals surface area contributed by atoms with Crippen molar-refractivity contribution in [3.63, 3.8) is 0 Å². The van der Waals surface area contributed by atoms with Crippen molar-refractivity contribution in [2.24, 2.45) is 11.7 Å². The van der Waals surface area contributed by atoms with Gasteiger partial charge in [0.15, 0.2) is 0 Å². The molecule has 0 aromatic heterocycles. The minimum atomic E-state index is -0.319. The number of hydrogen-bond acceptors (Lipinski definition) is 1. The Hall–Kier alpha value is -0.790. The first-order valence-electron chi connectivity index (χ1n) is 3.56. The van der Waals surface area contributed by atoms with Crippen LogP contribution in [-0.4, -0.2) is 5.91 Å². The van der Waals surface area contributed by atoms with Crippen molar-refractivity contribution >= 4 is 5.91 Å². The third-order valence-corrected chi connectivity index (χ3v) is 1.57. The van der Waals surface area contributed by atoms with Gasteiger partial charge in [0.1, 0.15) is 0 Å². The second-order valence-corrected chi connectivity index (χ2v) is 2.60. The average Bonchev–Trinajstić information content (AvgIpc) is 1.87. The SMILES string of the molecule is CCC(C)/C=C(/C)C(N)=O. The number of carbonyl (C=O) groups is 1. The number of rotatable bonds is 3. The van der Waals surface area contributed by atoms with Crippen molar-refractivity contribution in [3.8, 4) is 0 Å². The minimum Gasteiger partial charge on any atom is -0.366 e. The average molecular weight is 141 g/mol. The van der Waals surface area contributed by atoms with Gasteiger partial charge in [-0.1, -0.05) is 26.3 Å². The fourth-order valence-corrected chi connectivity index (χ4v) is 0.627. The number of allylic oxidation sites excluding steroid dienone is 1. The fraction of sp³-hybridized carbons (Fsp3) is 0.625. The number of hydrogen-bond donors (Lipinski definition) is 1. The van der Waals surface area contributed by atoms with Crippen LogP contribution in [0.2, 0.25) is 0 Å². The fourth-order valence-electron chi connectivity index (χ4n) is 0.627. The topological polar surface area (TPSA) is 43.1 Å². The van der Waals surface area contributed by atoms with Gasteiger partial charge in [-0.25, -0.2) is 0 Å². The number of primary amides is 1. The van der Waals surface area contributed by atoms with Gasteiger partial charge in [-0.05, 0) is 12.8 Å². The van der Waals surface area contributed by atoms with E-state index in [4.69, 9.17) is 5.73 Å². The van der Waals surface area contributed by atoms with Crippen LogP contribution in [0.3, 0.4) is 0 Å². The van der Waals surface area contributed by atoms with Crippen molar-refractivity contribution in [2.45, 2.75) is 27.2 Å². The maximum Gasteiger partial charge on any atom is 0.244 e. The second kappa shape index (κ2) is 4.09. The molecule has 0 aromatic rings. The van der Waals surface area contributed by atoms with Gasteiger partial charge >= 0.3 is 0 Å². The Bertz CT molecular complexity index is 149. The van der Waals surface area contributed by atoms with Crippen molar-refractivity contribution in [1.82, 2.24) is 0 Å². The zero-order valence-corrected chi connectivity index (χ0v) is 6.85. The lowest BCUT2D eigenvalue weighted by atomic mass is 10.1. The molecule has 0 saturated heterocycles. The van der Waals surface area contributed by atoms with E-state index in [2.05, 4.69) is 13.8 Å². The van der Waals surface area contributed by atoms with E-state index in [0.29, 0.717) is 11.5 Å². The van der Waals surface area contributed by atoms with Crippen LogP contribution in [0, 0.1) is 5.92 Å². The molecule has 0 aliphatic heterocycles. The first-order chi connectivity index (χ1) is 4.57. The highest BCUT2D eigenvalue weighted by Gasteiger charge is 1.99. The molecule has 0 aliphatic carbocycles. The zero-order chi connectivity index (χ0) is 8.15. The smallest absolute Gasteiger partial charge is 0.244 e. The molecule has 1 amide bonds. The standard InChI is InChI=1S/C8H15NO/c1-4-6(2)5-7(3)8(9)10/h5-6H,4H2,1-3H3,(H2,9,10)/b7-5-. The summed E-state index contributed by atoms with van der Waals surface area (Å²) in [5.74, 6) is 0.132. The molecule has 0 rings (SSSR count). The minimum absolute atomic E-state index is 0.319. The van der Waals surface area contributed by atoms with Crippen LogP contribution in [0.5, 0.6) is 0 Å². The predicted octanol–water partition coefficient (Wildman–Crippen LogP) is 1.46. The Labute approximate surface area is 62.1 Å². The van der Waals surface area contributed by atoms with Crippen LogP contribution in [0.1, 0.15) is 27.2 Å². The maximum absolute atomic E-state index is 10.5. The lowest BCUT2D eigenvalue weighted by molar-refractivity contribution is -0.114. The number of nitrogens with two attached hydrogens (primary N) is 1.